The normalized spacial score (nSPS) is 14.4. The van der Waals surface area contributed by atoms with Crippen LogP contribution in [0, 0.1) is 5.92 Å². The molecule has 0 saturated heterocycles. The van der Waals surface area contributed by atoms with Crippen LogP contribution in [0.2, 0.25) is 0 Å². The summed E-state index contributed by atoms with van der Waals surface area (Å²) in [5.41, 5.74) is -0.772. The van der Waals surface area contributed by atoms with Gasteiger partial charge >= 0.3 is 6.18 Å². The van der Waals surface area contributed by atoms with Crippen LogP contribution in [0.25, 0.3) is 0 Å². The van der Waals surface area contributed by atoms with Crippen molar-refractivity contribution in [1.82, 2.24) is 15.2 Å². The fourth-order valence-electron chi connectivity index (χ4n) is 2.42. The van der Waals surface area contributed by atoms with Crippen LogP contribution in [0.4, 0.5) is 19.0 Å². The minimum Gasteiger partial charge on any atom is -0.379 e. The maximum Gasteiger partial charge on any atom is 0.419 e. The summed E-state index contributed by atoms with van der Waals surface area (Å²) in [6, 6.07) is 2.29. The van der Waals surface area contributed by atoms with E-state index in [1.165, 1.54) is 25.1 Å². The lowest BCUT2D eigenvalue weighted by Gasteiger charge is -2.22. The van der Waals surface area contributed by atoms with Crippen molar-refractivity contribution in [1.29, 1.82) is 0 Å². The molecule has 1 aromatic heterocycles. The molecule has 2 N–H and O–H groups in total. The summed E-state index contributed by atoms with van der Waals surface area (Å²) in [5.74, 6) is 1.26. The molecule has 2 rings (SSSR count). The molecular formula is C18H29F3IN5O. The van der Waals surface area contributed by atoms with Crippen molar-refractivity contribution in [2.24, 2.45) is 10.9 Å². The van der Waals surface area contributed by atoms with Crippen LogP contribution in [0.3, 0.4) is 0 Å². The number of likely N-dealkylation sites (N-methyl/N-ethyl adjacent to an activating group) is 1. The molecule has 6 nitrogen and oxygen atoms in total. The predicted octanol–water partition coefficient (Wildman–Crippen LogP) is 3.45. The van der Waals surface area contributed by atoms with Crippen LogP contribution in [0.15, 0.2) is 23.3 Å². The number of nitrogens with one attached hydrogen (secondary N) is 2. The van der Waals surface area contributed by atoms with Crippen LogP contribution in [0.5, 0.6) is 0 Å². The molecule has 0 aliphatic heterocycles. The Morgan fingerprint density at radius 3 is 2.79 bits per heavy atom. The smallest absolute Gasteiger partial charge is 0.379 e. The third kappa shape index (κ3) is 8.80. The molecule has 1 heterocycles. The second-order valence-corrected chi connectivity index (χ2v) is 6.50. The average Bonchev–Trinajstić information content (AvgIpc) is 3.45. The molecule has 0 aromatic carbocycles. The Morgan fingerprint density at radius 1 is 1.39 bits per heavy atom. The highest BCUT2D eigenvalue weighted by molar-refractivity contribution is 14.0. The quantitative estimate of drug-likeness (QED) is 0.217. The molecule has 0 unspecified atom stereocenters. The summed E-state index contributed by atoms with van der Waals surface area (Å²) in [7, 11) is 1.91. The van der Waals surface area contributed by atoms with Gasteiger partial charge in [-0.2, -0.15) is 13.2 Å². The number of anilines is 1. The summed E-state index contributed by atoms with van der Waals surface area (Å²) in [4.78, 5) is 10.2. The van der Waals surface area contributed by atoms with E-state index >= 15 is 0 Å². The number of hydrogen-bond donors (Lipinski definition) is 2. The van der Waals surface area contributed by atoms with Crippen molar-refractivity contribution in [3.05, 3.63) is 23.9 Å². The lowest BCUT2D eigenvalue weighted by molar-refractivity contribution is -0.137. The maximum atomic E-state index is 13.0. The number of guanidine groups is 1. The number of rotatable bonds is 10. The van der Waals surface area contributed by atoms with Gasteiger partial charge in [-0.15, -0.1) is 24.0 Å². The van der Waals surface area contributed by atoms with E-state index in [1.54, 1.807) is 0 Å². The summed E-state index contributed by atoms with van der Waals surface area (Å²) >= 11 is 0. The van der Waals surface area contributed by atoms with Gasteiger partial charge < -0.3 is 20.3 Å². The van der Waals surface area contributed by atoms with Gasteiger partial charge in [-0.05, 0) is 37.8 Å². The number of aromatic nitrogens is 1. The van der Waals surface area contributed by atoms with Crippen LogP contribution in [-0.2, 0) is 10.9 Å². The SMILES string of the molecule is CCNC(=NCCNc1ncccc1C(F)(F)F)N(C)CCOCC1CC1.I. The van der Waals surface area contributed by atoms with Crippen LogP contribution < -0.4 is 10.6 Å². The largest absolute Gasteiger partial charge is 0.419 e. The zero-order valence-corrected chi connectivity index (χ0v) is 18.6. The van der Waals surface area contributed by atoms with Crippen molar-refractivity contribution in [2.45, 2.75) is 25.9 Å². The van der Waals surface area contributed by atoms with Gasteiger partial charge in [0.2, 0.25) is 0 Å². The summed E-state index contributed by atoms with van der Waals surface area (Å²) in [6.07, 6.45) is -0.575. The van der Waals surface area contributed by atoms with Crippen LogP contribution >= 0.6 is 24.0 Å². The topological polar surface area (TPSA) is 61.8 Å². The molecule has 0 bridgehead atoms. The fourth-order valence-corrected chi connectivity index (χ4v) is 2.42. The number of ether oxygens (including phenoxy) is 1. The molecule has 160 valence electrons. The molecule has 0 spiro atoms. The van der Waals surface area contributed by atoms with Gasteiger partial charge in [-0.25, -0.2) is 4.98 Å². The highest BCUT2D eigenvalue weighted by atomic mass is 127. The fraction of sp³-hybridized carbons (Fsp3) is 0.667. The lowest BCUT2D eigenvalue weighted by Crippen LogP contribution is -2.41. The molecule has 1 fully saturated rings. The van der Waals surface area contributed by atoms with E-state index in [0.717, 1.165) is 18.6 Å². The van der Waals surface area contributed by atoms with E-state index in [1.807, 2.05) is 18.9 Å². The minimum atomic E-state index is -4.44. The van der Waals surface area contributed by atoms with E-state index in [2.05, 4.69) is 20.6 Å². The van der Waals surface area contributed by atoms with Crippen molar-refractivity contribution >= 4 is 35.8 Å². The average molecular weight is 515 g/mol. The van der Waals surface area contributed by atoms with E-state index < -0.39 is 11.7 Å². The summed E-state index contributed by atoms with van der Waals surface area (Å²) in [5, 5.41) is 5.89. The predicted molar refractivity (Wildman–Crippen MR) is 115 cm³/mol. The zero-order valence-electron chi connectivity index (χ0n) is 16.3. The van der Waals surface area contributed by atoms with Gasteiger partial charge in [0.25, 0.3) is 0 Å². The first-order valence-electron chi connectivity index (χ1n) is 9.25. The Balaban J connectivity index is 0.00000392. The van der Waals surface area contributed by atoms with Gasteiger partial charge in [0.15, 0.2) is 5.96 Å². The van der Waals surface area contributed by atoms with Gasteiger partial charge in [0.1, 0.15) is 5.82 Å². The Kier molecular flexibility index (Phi) is 10.9. The van der Waals surface area contributed by atoms with E-state index in [9.17, 15) is 13.2 Å². The first-order valence-corrected chi connectivity index (χ1v) is 9.25. The first kappa shape index (κ1) is 24.7. The Bertz CT molecular complexity index is 611. The first-order chi connectivity index (χ1) is 12.9. The standard InChI is InChI=1S/C18H28F3N5O.HI/c1-3-22-17(26(2)11-12-27-13-14-6-7-14)25-10-9-24-16-15(18(19,20)21)5-4-8-23-16;/h4-5,8,14H,3,6-7,9-13H2,1-2H3,(H,22,25)(H,23,24);1H. The van der Waals surface area contributed by atoms with E-state index in [-0.39, 0.29) is 36.3 Å². The van der Waals surface area contributed by atoms with Crippen LogP contribution in [-0.4, -0.2) is 62.3 Å². The number of halogens is 4. The monoisotopic (exact) mass is 515 g/mol. The second kappa shape index (κ2) is 12.3. The Morgan fingerprint density at radius 2 is 2.14 bits per heavy atom. The molecule has 1 saturated carbocycles. The number of alkyl halides is 3. The molecule has 0 amide bonds. The van der Waals surface area contributed by atoms with Crippen molar-refractivity contribution in [2.75, 3.05) is 51.8 Å². The molecule has 1 aliphatic carbocycles. The Labute approximate surface area is 181 Å². The number of nitrogens with zero attached hydrogens (tertiary/aromatic N) is 3. The molecule has 0 atom stereocenters. The lowest BCUT2D eigenvalue weighted by atomic mass is 10.2. The summed E-state index contributed by atoms with van der Waals surface area (Å²) in [6.45, 7) is 5.39. The van der Waals surface area contributed by atoms with Gasteiger partial charge in [-0.1, -0.05) is 0 Å². The minimum absolute atomic E-state index is 0. The number of hydrogen-bond acceptors (Lipinski definition) is 4. The van der Waals surface area contributed by atoms with E-state index in [0.29, 0.717) is 32.2 Å². The van der Waals surface area contributed by atoms with Crippen molar-refractivity contribution in [3.8, 4) is 0 Å². The zero-order chi connectivity index (χ0) is 19.7. The maximum absolute atomic E-state index is 13.0. The van der Waals surface area contributed by atoms with Gasteiger partial charge in [0, 0.05) is 39.5 Å². The molecule has 0 radical (unpaired) electrons. The molecule has 1 aliphatic rings. The van der Waals surface area contributed by atoms with Crippen LogP contribution in [0.1, 0.15) is 25.3 Å². The van der Waals surface area contributed by atoms with E-state index in [4.69, 9.17) is 4.74 Å². The number of aliphatic imine (C=N–C) groups is 1. The van der Waals surface area contributed by atoms with Gasteiger partial charge in [0.05, 0.1) is 18.7 Å². The summed E-state index contributed by atoms with van der Waals surface area (Å²) < 4.78 is 44.5. The third-order valence-corrected chi connectivity index (χ3v) is 4.10. The Hall–Kier alpha value is -1.30. The molecule has 10 heteroatoms. The second-order valence-electron chi connectivity index (χ2n) is 6.50. The van der Waals surface area contributed by atoms with Crippen molar-refractivity contribution in [3.63, 3.8) is 0 Å². The van der Waals surface area contributed by atoms with Crippen molar-refractivity contribution < 1.29 is 17.9 Å². The number of pyridine rings is 1. The molecule has 28 heavy (non-hydrogen) atoms. The molecular weight excluding hydrogens is 486 g/mol. The molecule has 1 aromatic rings. The third-order valence-electron chi connectivity index (χ3n) is 4.10. The highest BCUT2D eigenvalue weighted by Crippen LogP contribution is 2.33. The highest BCUT2D eigenvalue weighted by Gasteiger charge is 2.33. The van der Waals surface area contributed by atoms with Gasteiger partial charge in [-0.3, -0.25) is 4.99 Å².